The lowest BCUT2D eigenvalue weighted by molar-refractivity contribution is -0.384. The van der Waals surface area contributed by atoms with Crippen molar-refractivity contribution in [3.8, 4) is 0 Å². The van der Waals surface area contributed by atoms with Crippen molar-refractivity contribution in [1.29, 1.82) is 0 Å². The first-order valence-electron chi connectivity index (χ1n) is 6.21. The molecule has 0 bridgehead atoms. The zero-order valence-electron chi connectivity index (χ0n) is 11.7. The normalized spacial score (nSPS) is 10.7. The smallest absolute Gasteiger partial charge is 0.292 e. The summed E-state index contributed by atoms with van der Waals surface area (Å²) in [6.07, 6.45) is 0. The first-order chi connectivity index (χ1) is 9.06. The second-order valence-corrected chi connectivity index (χ2v) is 4.45. The van der Waals surface area contributed by atoms with Crippen LogP contribution >= 0.6 is 0 Å². The minimum Gasteiger partial charge on any atom is -0.383 e. The average Bonchev–Trinajstić information content (AvgIpc) is 2.37. The number of aryl methyl sites for hydroxylation is 1. The number of methoxy groups -OCH3 is 1. The Bertz CT molecular complexity index is 424. The number of likely N-dealkylation sites (N-methyl/N-ethyl adjacent to an activating group) is 1. The molecule has 0 spiro atoms. The predicted octanol–water partition coefficient (Wildman–Crippen LogP) is 1.89. The molecule has 0 saturated heterocycles. The molecule has 0 heterocycles. The highest BCUT2D eigenvalue weighted by Crippen LogP contribution is 2.27. The summed E-state index contributed by atoms with van der Waals surface area (Å²) in [7, 11) is 3.66. The van der Waals surface area contributed by atoms with Gasteiger partial charge in [0.05, 0.1) is 11.5 Å². The van der Waals surface area contributed by atoms with Crippen LogP contribution in [0.1, 0.15) is 5.56 Å². The van der Waals surface area contributed by atoms with E-state index in [0.29, 0.717) is 18.8 Å². The number of nitrogens with zero attached hydrogens (tertiary/aromatic N) is 2. The zero-order chi connectivity index (χ0) is 14.3. The fraction of sp³-hybridized carbons (Fsp3) is 0.538. The van der Waals surface area contributed by atoms with E-state index in [2.05, 4.69) is 10.2 Å². The van der Waals surface area contributed by atoms with Gasteiger partial charge in [-0.2, -0.15) is 0 Å². The highest BCUT2D eigenvalue weighted by molar-refractivity contribution is 5.65. The van der Waals surface area contributed by atoms with Gasteiger partial charge in [0.2, 0.25) is 0 Å². The third-order valence-corrected chi connectivity index (χ3v) is 2.92. The van der Waals surface area contributed by atoms with Gasteiger partial charge in [-0.15, -0.1) is 0 Å². The topological polar surface area (TPSA) is 67.6 Å². The van der Waals surface area contributed by atoms with Crippen LogP contribution in [0.4, 0.5) is 11.4 Å². The Morgan fingerprint density at radius 2 is 2.16 bits per heavy atom. The Morgan fingerprint density at radius 1 is 1.42 bits per heavy atom. The van der Waals surface area contributed by atoms with Crippen molar-refractivity contribution in [3.63, 3.8) is 0 Å². The molecule has 1 N–H and O–H groups in total. The van der Waals surface area contributed by atoms with Crippen LogP contribution in [-0.2, 0) is 4.74 Å². The molecule has 6 nitrogen and oxygen atoms in total. The predicted molar refractivity (Wildman–Crippen MR) is 75.7 cm³/mol. The van der Waals surface area contributed by atoms with Gasteiger partial charge in [0.15, 0.2) is 0 Å². The molecule has 0 aliphatic carbocycles. The lowest BCUT2D eigenvalue weighted by Crippen LogP contribution is -2.28. The van der Waals surface area contributed by atoms with Crippen LogP contribution in [0.15, 0.2) is 18.2 Å². The molecular formula is C13H21N3O3. The summed E-state index contributed by atoms with van der Waals surface area (Å²) in [5, 5.41) is 14.1. The van der Waals surface area contributed by atoms with E-state index >= 15 is 0 Å². The Morgan fingerprint density at radius 3 is 2.79 bits per heavy atom. The number of nitrogens with one attached hydrogen (secondary N) is 1. The number of hydrogen-bond donors (Lipinski definition) is 1. The maximum Gasteiger partial charge on any atom is 0.292 e. The summed E-state index contributed by atoms with van der Waals surface area (Å²) in [6, 6.07) is 5.08. The first kappa shape index (κ1) is 15.4. The van der Waals surface area contributed by atoms with Crippen molar-refractivity contribution in [1.82, 2.24) is 4.90 Å². The second-order valence-electron chi connectivity index (χ2n) is 4.45. The van der Waals surface area contributed by atoms with E-state index < -0.39 is 0 Å². The van der Waals surface area contributed by atoms with Gasteiger partial charge in [0, 0.05) is 32.8 Å². The van der Waals surface area contributed by atoms with Crippen LogP contribution in [0, 0.1) is 17.0 Å². The molecule has 6 heteroatoms. The summed E-state index contributed by atoms with van der Waals surface area (Å²) < 4.78 is 5.00. The minimum atomic E-state index is -0.357. The van der Waals surface area contributed by atoms with Gasteiger partial charge in [-0.1, -0.05) is 12.1 Å². The Labute approximate surface area is 113 Å². The Balaban J connectivity index is 2.55. The van der Waals surface area contributed by atoms with Crippen molar-refractivity contribution < 1.29 is 9.66 Å². The zero-order valence-corrected chi connectivity index (χ0v) is 11.7. The van der Waals surface area contributed by atoms with Crippen molar-refractivity contribution in [2.24, 2.45) is 0 Å². The molecule has 106 valence electrons. The number of nitro benzene ring substituents is 1. The van der Waals surface area contributed by atoms with Crippen LogP contribution in [0.25, 0.3) is 0 Å². The van der Waals surface area contributed by atoms with E-state index in [1.54, 1.807) is 13.2 Å². The van der Waals surface area contributed by atoms with Gasteiger partial charge in [-0.3, -0.25) is 10.1 Å². The number of ether oxygens (including phenoxy) is 1. The number of hydrogen-bond acceptors (Lipinski definition) is 5. The number of rotatable bonds is 8. The quantitative estimate of drug-likeness (QED) is 0.575. The number of anilines is 1. The largest absolute Gasteiger partial charge is 0.383 e. The van der Waals surface area contributed by atoms with E-state index in [9.17, 15) is 10.1 Å². The molecular weight excluding hydrogens is 246 g/mol. The molecule has 0 amide bonds. The average molecular weight is 267 g/mol. The highest BCUT2D eigenvalue weighted by atomic mass is 16.6. The molecule has 1 aromatic carbocycles. The van der Waals surface area contributed by atoms with Crippen molar-refractivity contribution >= 4 is 11.4 Å². The monoisotopic (exact) mass is 267 g/mol. The van der Waals surface area contributed by atoms with E-state index in [-0.39, 0.29) is 10.6 Å². The molecule has 0 aromatic heterocycles. The summed E-state index contributed by atoms with van der Waals surface area (Å²) in [5.74, 6) is 0. The van der Waals surface area contributed by atoms with Gasteiger partial charge in [-0.05, 0) is 19.5 Å². The lowest BCUT2D eigenvalue weighted by atomic mass is 10.1. The SMILES string of the molecule is COCCN(C)CCNc1c(C)cccc1[N+](=O)[O-]. The van der Waals surface area contributed by atoms with Crippen LogP contribution in [-0.4, -0.2) is 50.2 Å². The van der Waals surface area contributed by atoms with Crippen LogP contribution in [0.5, 0.6) is 0 Å². The maximum absolute atomic E-state index is 11.0. The Hall–Kier alpha value is -1.66. The molecule has 0 aliphatic heterocycles. The fourth-order valence-corrected chi connectivity index (χ4v) is 1.77. The number of nitro groups is 1. The highest BCUT2D eigenvalue weighted by Gasteiger charge is 2.14. The summed E-state index contributed by atoms with van der Waals surface area (Å²) in [5.41, 5.74) is 1.61. The van der Waals surface area contributed by atoms with Crippen LogP contribution < -0.4 is 5.32 Å². The molecule has 0 unspecified atom stereocenters. The van der Waals surface area contributed by atoms with E-state index in [4.69, 9.17) is 4.74 Å². The molecule has 19 heavy (non-hydrogen) atoms. The molecule has 1 rings (SSSR count). The third-order valence-electron chi connectivity index (χ3n) is 2.92. The van der Waals surface area contributed by atoms with E-state index in [1.807, 2.05) is 20.0 Å². The molecule has 0 atom stereocenters. The minimum absolute atomic E-state index is 0.125. The van der Waals surface area contributed by atoms with Crippen molar-refractivity contribution in [2.75, 3.05) is 45.7 Å². The molecule has 0 radical (unpaired) electrons. The fourth-order valence-electron chi connectivity index (χ4n) is 1.77. The van der Waals surface area contributed by atoms with Crippen LogP contribution in [0.2, 0.25) is 0 Å². The van der Waals surface area contributed by atoms with Gasteiger partial charge in [0.25, 0.3) is 5.69 Å². The lowest BCUT2D eigenvalue weighted by Gasteiger charge is -2.17. The molecule has 0 aliphatic rings. The standard InChI is InChI=1S/C13H21N3O3/c1-11-5-4-6-12(16(17)18)13(11)14-7-8-15(2)9-10-19-3/h4-6,14H,7-10H2,1-3H3. The molecule has 0 saturated carbocycles. The van der Waals surface area contributed by atoms with Gasteiger partial charge < -0.3 is 15.0 Å². The number of benzene rings is 1. The van der Waals surface area contributed by atoms with E-state index in [1.165, 1.54) is 6.07 Å². The number of para-hydroxylation sites is 1. The summed E-state index contributed by atoms with van der Waals surface area (Å²) in [4.78, 5) is 12.7. The maximum atomic E-state index is 11.0. The van der Waals surface area contributed by atoms with Gasteiger partial charge in [0.1, 0.15) is 5.69 Å². The Kier molecular flexibility index (Phi) is 6.24. The molecule has 0 fully saturated rings. The summed E-state index contributed by atoms with van der Waals surface area (Å²) >= 11 is 0. The second kappa shape index (κ2) is 7.70. The third kappa shape index (κ3) is 4.84. The van der Waals surface area contributed by atoms with E-state index in [0.717, 1.165) is 18.7 Å². The summed E-state index contributed by atoms with van der Waals surface area (Å²) in [6.45, 7) is 4.85. The molecule has 1 aromatic rings. The first-order valence-corrected chi connectivity index (χ1v) is 6.21. The van der Waals surface area contributed by atoms with Crippen LogP contribution in [0.3, 0.4) is 0 Å². The van der Waals surface area contributed by atoms with Crippen molar-refractivity contribution in [3.05, 3.63) is 33.9 Å². The van der Waals surface area contributed by atoms with Gasteiger partial charge >= 0.3 is 0 Å². The van der Waals surface area contributed by atoms with Gasteiger partial charge in [-0.25, -0.2) is 0 Å². The van der Waals surface area contributed by atoms with Crippen molar-refractivity contribution in [2.45, 2.75) is 6.92 Å².